The maximum absolute atomic E-state index is 11.9. The van der Waals surface area contributed by atoms with Gasteiger partial charge in [0.1, 0.15) is 9.12 Å². The van der Waals surface area contributed by atoms with Crippen molar-refractivity contribution in [1.29, 1.82) is 0 Å². The molecule has 22 heavy (non-hydrogen) atoms. The van der Waals surface area contributed by atoms with Crippen molar-refractivity contribution >= 4 is 19.9 Å². The fourth-order valence-electron chi connectivity index (χ4n) is 2.74. The third kappa shape index (κ3) is 2.38. The Kier molecular flexibility index (Phi) is 3.95. The van der Waals surface area contributed by atoms with Gasteiger partial charge in [-0.25, -0.2) is 0 Å². The summed E-state index contributed by atoms with van der Waals surface area (Å²) in [7, 11) is 1.72. The zero-order valence-corrected chi connectivity index (χ0v) is 12.7. The van der Waals surface area contributed by atoms with Crippen molar-refractivity contribution in [3.8, 4) is 22.3 Å². The van der Waals surface area contributed by atoms with Crippen molar-refractivity contribution < 1.29 is 4.57 Å². The molecule has 0 unspecified atom stereocenters. The molecule has 0 saturated heterocycles. The van der Waals surface area contributed by atoms with Crippen LogP contribution >= 0.6 is 9.12 Å². The normalized spacial score (nSPS) is 10.4. The first-order valence-electron chi connectivity index (χ1n) is 6.89. The molecule has 0 radical (unpaired) electrons. The summed E-state index contributed by atoms with van der Waals surface area (Å²) in [5.74, 6) is 0. The summed E-state index contributed by atoms with van der Waals surface area (Å²) in [4.78, 5) is 11.9. The summed E-state index contributed by atoms with van der Waals surface area (Å²) in [6.07, 6.45) is 0. The van der Waals surface area contributed by atoms with Crippen LogP contribution < -0.4 is 5.43 Å². The highest BCUT2D eigenvalue weighted by Gasteiger charge is 2.21. The fourth-order valence-corrected chi connectivity index (χ4v) is 2.74. The van der Waals surface area contributed by atoms with E-state index in [0.29, 0.717) is 0 Å². The first-order chi connectivity index (χ1) is 10.9. The molecule has 0 amide bonds. The average molecular weight is 304 g/mol. The van der Waals surface area contributed by atoms with Crippen LogP contribution in [0.3, 0.4) is 0 Å². The van der Waals surface area contributed by atoms with Crippen LogP contribution in [0, 0.1) is 0 Å². The van der Waals surface area contributed by atoms with E-state index >= 15 is 0 Å². The van der Waals surface area contributed by atoms with E-state index in [0.717, 1.165) is 33.0 Å². The van der Waals surface area contributed by atoms with Crippen molar-refractivity contribution in [3.05, 3.63) is 83.0 Å². The summed E-state index contributed by atoms with van der Waals surface area (Å²) >= 11 is 0. The molecule has 2 nitrogen and oxygen atoms in total. The van der Waals surface area contributed by atoms with Gasteiger partial charge in [0, 0.05) is 16.3 Å². The van der Waals surface area contributed by atoms with Gasteiger partial charge in [-0.1, -0.05) is 66.7 Å². The van der Waals surface area contributed by atoms with Crippen LogP contribution in [0.1, 0.15) is 0 Å². The lowest BCUT2D eigenvalue weighted by atomic mass is 9.94. The maximum atomic E-state index is 11.9. The quantitative estimate of drug-likeness (QED) is 0.494. The van der Waals surface area contributed by atoms with Crippen molar-refractivity contribution in [2.75, 3.05) is 0 Å². The molecule has 0 atom stereocenters. The minimum absolute atomic E-state index is 0.186. The molecule has 0 N–H and O–H groups in total. The van der Waals surface area contributed by atoms with Gasteiger partial charge in [-0.2, -0.15) is 0 Å². The second-order valence-electron chi connectivity index (χ2n) is 4.97. The largest absolute Gasteiger partial charge is 0.289 e. The smallest absolute Gasteiger partial charge is 0.195 e. The summed E-state index contributed by atoms with van der Waals surface area (Å²) in [5, 5.41) is 1.75. The molecule has 0 aliphatic heterocycles. The Hall–Kier alpha value is -2.57. The molecule has 4 aromatic rings. The van der Waals surface area contributed by atoms with E-state index in [1.54, 1.807) is 9.12 Å². The Balaban J connectivity index is 0.000000693. The molecule has 0 aromatic heterocycles. The zero-order valence-electron chi connectivity index (χ0n) is 11.7. The standard InChI is InChI=1S/C19H12O.HOP/c20-19-16-12-11-15(13-7-3-1-4-8-13)17(18(16)19)14-9-5-2-6-10-14;1-2/h1-12H;2H. The fraction of sp³-hybridized carbons (Fsp3) is 0. The summed E-state index contributed by atoms with van der Waals surface area (Å²) in [5.41, 5.74) is 4.63. The van der Waals surface area contributed by atoms with Crippen LogP contribution in [0.15, 0.2) is 77.6 Å². The Morgan fingerprint density at radius 3 is 1.77 bits per heavy atom. The van der Waals surface area contributed by atoms with E-state index < -0.39 is 0 Å². The molecular formula is C19H13O2P. The number of hydrogen-bond acceptors (Lipinski definition) is 2. The molecule has 0 heterocycles. The van der Waals surface area contributed by atoms with E-state index in [1.165, 1.54) is 0 Å². The molecule has 0 spiro atoms. The Labute approximate surface area is 130 Å². The lowest BCUT2D eigenvalue weighted by Gasteiger charge is -2.09. The molecule has 0 fully saturated rings. The third-order valence-corrected chi connectivity index (χ3v) is 3.76. The van der Waals surface area contributed by atoms with E-state index in [1.807, 2.05) is 42.5 Å². The number of hydrogen-bond donors (Lipinski definition) is 0. The molecule has 4 aromatic carbocycles. The minimum Gasteiger partial charge on any atom is -0.289 e. The van der Waals surface area contributed by atoms with Gasteiger partial charge in [0.15, 0.2) is 5.43 Å². The summed E-state index contributed by atoms with van der Waals surface area (Å²) in [6, 6.07) is 24.4. The first-order valence-corrected chi connectivity index (χ1v) is 7.30. The number of benzene rings is 3. The van der Waals surface area contributed by atoms with Crippen LogP contribution in [0.2, 0.25) is 0 Å². The Morgan fingerprint density at radius 2 is 1.18 bits per heavy atom. The molecule has 3 heteroatoms. The summed E-state index contributed by atoms with van der Waals surface area (Å²) < 4.78 is 8.06. The highest BCUT2D eigenvalue weighted by Crippen LogP contribution is 2.38. The Morgan fingerprint density at radius 1 is 0.636 bits per heavy atom. The molecular weight excluding hydrogens is 291 g/mol. The van der Waals surface area contributed by atoms with Gasteiger partial charge in [0.25, 0.3) is 0 Å². The molecule has 0 bridgehead atoms. The highest BCUT2D eigenvalue weighted by atomic mass is 31.0. The van der Waals surface area contributed by atoms with Gasteiger partial charge in [-0.15, -0.1) is 0 Å². The van der Waals surface area contributed by atoms with Gasteiger partial charge in [0.05, 0.1) is 0 Å². The second kappa shape index (κ2) is 6.05. The van der Waals surface area contributed by atoms with E-state index in [2.05, 4.69) is 30.3 Å². The summed E-state index contributed by atoms with van der Waals surface area (Å²) in [6.45, 7) is 0. The number of fused-ring (bicyclic) bond motifs is 1. The molecule has 0 aliphatic carbocycles. The van der Waals surface area contributed by atoms with Gasteiger partial charge in [-0.3, -0.25) is 9.36 Å². The van der Waals surface area contributed by atoms with Crippen LogP contribution in [0.5, 0.6) is 0 Å². The van der Waals surface area contributed by atoms with E-state index in [9.17, 15) is 4.79 Å². The van der Waals surface area contributed by atoms with Crippen molar-refractivity contribution in [3.63, 3.8) is 0 Å². The van der Waals surface area contributed by atoms with Crippen LogP contribution in [0.4, 0.5) is 0 Å². The molecule has 0 aliphatic rings. The zero-order chi connectivity index (χ0) is 15.5. The van der Waals surface area contributed by atoms with Crippen molar-refractivity contribution in [2.24, 2.45) is 0 Å². The topological polar surface area (TPSA) is 34.1 Å². The second-order valence-corrected chi connectivity index (χ2v) is 4.97. The van der Waals surface area contributed by atoms with E-state index in [-0.39, 0.29) is 5.43 Å². The van der Waals surface area contributed by atoms with Crippen molar-refractivity contribution in [1.82, 2.24) is 0 Å². The van der Waals surface area contributed by atoms with E-state index in [4.69, 9.17) is 4.57 Å². The Bertz CT molecular complexity index is 920. The monoisotopic (exact) mass is 304 g/mol. The van der Waals surface area contributed by atoms with Gasteiger partial charge in [0.2, 0.25) is 0 Å². The molecule has 106 valence electrons. The van der Waals surface area contributed by atoms with Gasteiger partial charge < -0.3 is 0 Å². The maximum Gasteiger partial charge on any atom is 0.195 e. The lowest BCUT2D eigenvalue weighted by Crippen LogP contribution is -1.84. The van der Waals surface area contributed by atoms with Crippen LogP contribution in [-0.4, -0.2) is 0 Å². The first kappa shape index (κ1) is 14.4. The van der Waals surface area contributed by atoms with Gasteiger partial charge >= 0.3 is 0 Å². The predicted molar refractivity (Wildman–Crippen MR) is 92.5 cm³/mol. The van der Waals surface area contributed by atoms with Crippen LogP contribution in [-0.2, 0) is 4.57 Å². The predicted octanol–water partition coefficient (Wildman–Crippen LogP) is 4.88. The van der Waals surface area contributed by atoms with Gasteiger partial charge in [-0.05, 0) is 22.8 Å². The minimum atomic E-state index is 0.186. The van der Waals surface area contributed by atoms with Crippen LogP contribution in [0.25, 0.3) is 33.0 Å². The lowest BCUT2D eigenvalue weighted by molar-refractivity contribution is 0.607. The molecule has 0 saturated carbocycles. The third-order valence-electron chi connectivity index (χ3n) is 3.76. The van der Waals surface area contributed by atoms with Crippen molar-refractivity contribution in [2.45, 2.75) is 0 Å². The highest BCUT2D eigenvalue weighted by molar-refractivity contribution is 7.00. The number of rotatable bonds is 2. The SMILES string of the molecule is O=P.O=c1c2ccc(-c3ccccc3)c(-c3ccccc3)c12. The molecule has 4 rings (SSSR count). The average Bonchev–Trinajstić information content (AvgIpc) is 3.28.